The fourth-order valence-corrected chi connectivity index (χ4v) is 3.98. The molecule has 2 aromatic heterocycles. The second-order valence-electron chi connectivity index (χ2n) is 8.15. The molecule has 32 heavy (non-hydrogen) atoms. The highest BCUT2D eigenvalue weighted by molar-refractivity contribution is 5.83. The number of unbranched alkanes of at least 4 members (excludes halogenated alkanes) is 3. The summed E-state index contributed by atoms with van der Waals surface area (Å²) in [6.07, 6.45) is 5.29. The zero-order chi connectivity index (χ0) is 22.7. The summed E-state index contributed by atoms with van der Waals surface area (Å²) in [5.74, 6) is 0.684. The van der Waals surface area contributed by atoms with Gasteiger partial charge < -0.3 is 31.1 Å². The van der Waals surface area contributed by atoms with Gasteiger partial charge in [0.15, 0.2) is 11.5 Å². The number of rotatable bonds is 9. The highest BCUT2D eigenvalue weighted by Gasteiger charge is 2.35. The first-order chi connectivity index (χ1) is 15.5. The van der Waals surface area contributed by atoms with E-state index in [2.05, 4.69) is 27.2 Å². The number of nitrogens with zero attached hydrogens (tertiary/aromatic N) is 4. The molecule has 3 atom stereocenters. The third-order valence-corrected chi connectivity index (χ3v) is 5.78. The number of aryl methyl sites for hydroxylation is 1. The molecule has 1 aliphatic heterocycles. The molecule has 4 rings (SSSR count). The summed E-state index contributed by atoms with van der Waals surface area (Å²) in [6.45, 7) is 1.90. The normalized spacial score (nSPS) is 20.8. The zero-order valence-electron chi connectivity index (χ0n) is 18.1. The largest absolute Gasteiger partial charge is 0.508 e. The zero-order valence-corrected chi connectivity index (χ0v) is 18.1. The lowest BCUT2D eigenvalue weighted by Crippen LogP contribution is -2.24. The molecule has 1 fully saturated rings. The number of aliphatic hydroxyl groups is 2. The van der Waals surface area contributed by atoms with Crippen molar-refractivity contribution < 1.29 is 20.1 Å². The van der Waals surface area contributed by atoms with Crippen LogP contribution in [0.3, 0.4) is 0 Å². The summed E-state index contributed by atoms with van der Waals surface area (Å²) in [5, 5.41) is 32.9. The molecule has 0 aliphatic carbocycles. The van der Waals surface area contributed by atoms with Gasteiger partial charge in [-0.3, -0.25) is 4.57 Å². The van der Waals surface area contributed by atoms with E-state index in [0.717, 1.165) is 24.8 Å². The molecule has 0 bridgehead atoms. The number of hydrogen-bond donors (Lipinski definition) is 5. The molecule has 0 spiro atoms. The molecule has 1 unspecified atom stereocenters. The Morgan fingerprint density at radius 3 is 2.81 bits per heavy atom. The van der Waals surface area contributed by atoms with Gasteiger partial charge >= 0.3 is 0 Å². The van der Waals surface area contributed by atoms with Crippen LogP contribution in [-0.4, -0.2) is 53.7 Å². The number of fused-ring (bicyclic) bond motifs is 1. The van der Waals surface area contributed by atoms with Gasteiger partial charge in [0, 0.05) is 18.2 Å². The Kier molecular flexibility index (Phi) is 6.73. The van der Waals surface area contributed by atoms with Crippen molar-refractivity contribution in [2.24, 2.45) is 0 Å². The van der Waals surface area contributed by atoms with Crippen LogP contribution in [0.25, 0.3) is 11.2 Å². The summed E-state index contributed by atoms with van der Waals surface area (Å²) in [6, 6.07) is 5.43. The predicted molar refractivity (Wildman–Crippen MR) is 121 cm³/mol. The Balaban J connectivity index is 1.53. The molecule has 10 heteroatoms. The van der Waals surface area contributed by atoms with Crippen molar-refractivity contribution >= 4 is 28.6 Å². The van der Waals surface area contributed by atoms with Gasteiger partial charge in [-0.2, -0.15) is 9.97 Å². The summed E-state index contributed by atoms with van der Waals surface area (Å²) in [5.41, 5.74) is 8.51. The fraction of sp³-hybridized carbons (Fsp3) is 0.500. The summed E-state index contributed by atoms with van der Waals surface area (Å²) in [4.78, 5) is 13.1. The van der Waals surface area contributed by atoms with Crippen LogP contribution in [-0.2, 0) is 11.2 Å². The van der Waals surface area contributed by atoms with Gasteiger partial charge in [-0.15, -0.1) is 0 Å². The standard InChI is InChI=1S/C22H30N6O4/c1-2-3-4-5-6-13-7-8-14(9-15(13)30)25-22-26-20(23)19-21(27-22)28(12-24-19)18-10-16(31)17(11-29)32-18/h7-9,12,16-18,29-31H,2-6,10-11H2,1H3,(H3,23,25,26,27)/t16?,17-,18-/m1/s1. The van der Waals surface area contributed by atoms with E-state index in [1.807, 2.05) is 12.1 Å². The second-order valence-corrected chi connectivity index (χ2v) is 8.15. The Morgan fingerprint density at radius 1 is 1.25 bits per heavy atom. The molecule has 3 aromatic rings. The van der Waals surface area contributed by atoms with Gasteiger partial charge in [0.1, 0.15) is 23.6 Å². The van der Waals surface area contributed by atoms with E-state index < -0.39 is 18.4 Å². The van der Waals surface area contributed by atoms with Crippen molar-refractivity contribution in [1.82, 2.24) is 19.5 Å². The highest BCUT2D eigenvalue weighted by atomic mass is 16.5. The van der Waals surface area contributed by atoms with Crippen molar-refractivity contribution in [3.8, 4) is 5.75 Å². The minimum absolute atomic E-state index is 0.199. The molecule has 6 N–H and O–H groups in total. The first-order valence-corrected chi connectivity index (χ1v) is 11.0. The molecular weight excluding hydrogens is 412 g/mol. The van der Waals surface area contributed by atoms with E-state index in [9.17, 15) is 15.3 Å². The first kappa shape index (κ1) is 22.3. The molecular formula is C22H30N6O4. The Labute approximate surface area is 186 Å². The van der Waals surface area contributed by atoms with E-state index in [-0.39, 0.29) is 24.1 Å². The SMILES string of the molecule is CCCCCCc1ccc(Nc2nc(N)c3ncn([C@H]4CC(O)[C@@H](CO)O4)c3n2)cc1O. The number of hydrogen-bond acceptors (Lipinski definition) is 9. The van der Waals surface area contributed by atoms with Gasteiger partial charge in [-0.25, -0.2) is 4.98 Å². The Bertz CT molecular complexity index is 1070. The lowest BCUT2D eigenvalue weighted by atomic mass is 10.0. The van der Waals surface area contributed by atoms with Gasteiger partial charge in [0.05, 0.1) is 19.0 Å². The first-order valence-electron chi connectivity index (χ1n) is 11.0. The van der Waals surface area contributed by atoms with E-state index in [1.54, 1.807) is 10.6 Å². The average Bonchev–Trinajstić information content (AvgIpc) is 3.36. The number of benzene rings is 1. The van der Waals surface area contributed by atoms with Gasteiger partial charge in [-0.05, 0) is 24.5 Å². The molecule has 3 heterocycles. The van der Waals surface area contributed by atoms with E-state index >= 15 is 0 Å². The van der Waals surface area contributed by atoms with E-state index in [4.69, 9.17) is 10.5 Å². The molecule has 0 radical (unpaired) electrons. The maximum atomic E-state index is 10.4. The van der Waals surface area contributed by atoms with Crippen LogP contribution in [0.4, 0.5) is 17.5 Å². The van der Waals surface area contributed by atoms with Crippen molar-refractivity contribution in [2.45, 2.75) is 63.9 Å². The summed E-state index contributed by atoms with van der Waals surface area (Å²) >= 11 is 0. The summed E-state index contributed by atoms with van der Waals surface area (Å²) < 4.78 is 7.39. The Morgan fingerprint density at radius 2 is 2.09 bits per heavy atom. The van der Waals surface area contributed by atoms with Gasteiger partial charge in [0.2, 0.25) is 5.95 Å². The fourth-order valence-electron chi connectivity index (χ4n) is 3.98. The maximum Gasteiger partial charge on any atom is 0.231 e. The monoisotopic (exact) mass is 442 g/mol. The van der Waals surface area contributed by atoms with Crippen molar-refractivity contribution in [1.29, 1.82) is 0 Å². The van der Waals surface area contributed by atoms with Crippen LogP contribution in [0.2, 0.25) is 0 Å². The molecule has 1 aliphatic rings. The highest BCUT2D eigenvalue weighted by Crippen LogP contribution is 2.32. The third kappa shape index (κ3) is 4.62. The number of nitrogen functional groups attached to an aromatic ring is 1. The molecule has 1 saturated heterocycles. The van der Waals surface area contributed by atoms with Crippen LogP contribution in [0.15, 0.2) is 24.5 Å². The van der Waals surface area contributed by atoms with Gasteiger partial charge in [-0.1, -0.05) is 32.3 Å². The number of aromatic hydroxyl groups is 1. The van der Waals surface area contributed by atoms with Crippen molar-refractivity contribution in [3.63, 3.8) is 0 Å². The maximum absolute atomic E-state index is 10.4. The number of nitrogens with two attached hydrogens (primary N) is 1. The number of ether oxygens (including phenoxy) is 1. The number of phenolic OH excluding ortho intramolecular Hbond substituents is 1. The topological polar surface area (TPSA) is 152 Å². The van der Waals surface area contributed by atoms with Crippen LogP contribution in [0.1, 0.15) is 50.8 Å². The lowest BCUT2D eigenvalue weighted by Gasteiger charge is -2.14. The van der Waals surface area contributed by atoms with Crippen LogP contribution < -0.4 is 11.1 Å². The average molecular weight is 443 g/mol. The number of aromatic nitrogens is 4. The number of phenols is 1. The number of nitrogens with one attached hydrogen (secondary N) is 1. The molecule has 1 aromatic carbocycles. The predicted octanol–water partition coefficient (Wildman–Crippen LogP) is 2.62. The second kappa shape index (κ2) is 9.68. The number of imidazole rings is 1. The quantitative estimate of drug-likeness (QED) is 0.315. The molecule has 172 valence electrons. The van der Waals surface area contributed by atoms with Gasteiger partial charge in [0.25, 0.3) is 0 Å². The van der Waals surface area contributed by atoms with E-state index in [0.29, 0.717) is 23.3 Å². The van der Waals surface area contributed by atoms with Crippen LogP contribution in [0, 0.1) is 0 Å². The lowest BCUT2D eigenvalue weighted by molar-refractivity contribution is -0.0432. The smallest absolute Gasteiger partial charge is 0.231 e. The van der Waals surface area contributed by atoms with Crippen LogP contribution >= 0.6 is 0 Å². The van der Waals surface area contributed by atoms with Crippen molar-refractivity contribution in [2.75, 3.05) is 17.7 Å². The third-order valence-electron chi connectivity index (χ3n) is 5.78. The minimum Gasteiger partial charge on any atom is -0.508 e. The molecule has 0 saturated carbocycles. The van der Waals surface area contributed by atoms with E-state index in [1.165, 1.54) is 19.2 Å². The minimum atomic E-state index is -0.775. The molecule has 10 nitrogen and oxygen atoms in total. The molecule has 0 amide bonds. The van der Waals surface area contributed by atoms with Crippen LogP contribution in [0.5, 0.6) is 5.75 Å². The number of anilines is 3. The van der Waals surface area contributed by atoms with Crippen molar-refractivity contribution in [3.05, 3.63) is 30.1 Å². The Hall–Kier alpha value is -2.95. The summed E-state index contributed by atoms with van der Waals surface area (Å²) in [7, 11) is 0. The number of aliphatic hydroxyl groups excluding tert-OH is 2.